The molecule has 1 aromatic carbocycles. The molecule has 1 saturated heterocycles. The molecular weight excluding hydrogens is 283 g/mol. The van der Waals surface area contributed by atoms with Gasteiger partial charge < -0.3 is 0 Å². The minimum atomic E-state index is -3.48. The van der Waals surface area contributed by atoms with E-state index < -0.39 is 21.3 Å². The van der Waals surface area contributed by atoms with Crippen molar-refractivity contribution in [3.63, 3.8) is 0 Å². The molecule has 0 amide bonds. The molecule has 2 aliphatic rings. The number of halogens is 1. The number of hydrogen-bond donors (Lipinski definition) is 1. The van der Waals surface area contributed by atoms with Crippen LogP contribution in [0.5, 0.6) is 0 Å². The average molecular weight is 300 g/mol. The summed E-state index contributed by atoms with van der Waals surface area (Å²) in [6, 6.07) is 5.55. The van der Waals surface area contributed by atoms with Crippen molar-refractivity contribution in [3.8, 4) is 0 Å². The van der Waals surface area contributed by atoms with Crippen molar-refractivity contribution in [2.45, 2.75) is 30.2 Å². The van der Waals surface area contributed by atoms with Crippen LogP contribution in [0.15, 0.2) is 24.3 Å². The van der Waals surface area contributed by atoms with Crippen molar-refractivity contribution in [1.29, 1.82) is 0 Å². The maximum absolute atomic E-state index is 13.4. The van der Waals surface area contributed by atoms with Gasteiger partial charge in [0, 0.05) is 13.1 Å². The van der Waals surface area contributed by atoms with Gasteiger partial charge in [0.15, 0.2) is 0 Å². The Morgan fingerprint density at radius 2 is 2.15 bits per heavy atom. The monoisotopic (exact) mass is 300 g/mol. The van der Waals surface area contributed by atoms with Crippen LogP contribution >= 0.6 is 0 Å². The predicted molar refractivity (Wildman–Crippen MR) is 71.7 cm³/mol. The molecule has 2 fully saturated rings. The van der Waals surface area contributed by atoms with Crippen LogP contribution in [0.1, 0.15) is 24.4 Å². The lowest BCUT2D eigenvalue weighted by Gasteiger charge is -2.23. The summed E-state index contributed by atoms with van der Waals surface area (Å²) in [5, 5.41) is 0.765. The maximum Gasteiger partial charge on any atom is 0.219 e. The van der Waals surface area contributed by atoms with Crippen LogP contribution in [0, 0.1) is 5.82 Å². The van der Waals surface area contributed by atoms with Crippen LogP contribution in [0.25, 0.3) is 0 Å². The molecule has 0 bridgehead atoms. The minimum Gasteiger partial charge on any atom is -0.297 e. The molecule has 7 heteroatoms. The van der Waals surface area contributed by atoms with Gasteiger partial charge in [0.25, 0.3) is 0 Å². The first-order chi connectivity index (χ1) is 9.47. The zero-order valence-electron chi connectivity index (χ0n) is 11.1. The van der Waals surface area contributed by atoms with E-state index in [0.717, 1.165) is 12.8 Å². The molecule has 0 spiro atoms. The van der Waals surface area contributed by atoms with E-state index >= 15 is 0 Å². The Bertz CT molecular complexity index is 603. The molecule has 1 aliphatic heterocycles. The first kappa shape index (κ1) is 13.9. The van der Waals surface area contributed by atoms with Gasteiger partial charge in [-0.3, -0.25) is 4.84 Å². The molecular formula is C13H17FN2O3S. The predicted octanol–water partition coefficient (Wildman–Crippen LogP) is 1.19. The Kier molecular flexibility index (Phi) is 3.53. The highest BCUT2D eigenvalue weighted by molar-refractivity contribution is 7.90. The van der Waals surface area contributed by atoms with Crippen molar-refractivity contribution >= 4 is 10.0 Å². The largest absolute Gasteiger partial charge is 0.297 e. The number of hydrogen-bond acceptors (Lipinski definition) is 4. The third-order valence-corrected chi connectivity index (χ3v) is 5.54. The lowest BCUT2D eigenvalue weighted by atomic mass is 10.0. The first-order valence-electron chi connectivity index (χ1n) is 6.60. The molecule has 1 heterocycles. The summed E-state index contributed by atoms with van der Waals surface area (Å²) in [6.45, 7) is 0.0831. The molecule has 0 radical (unpaired) electrons. The van der Waals surface area contributed by atoms with E-state index in [-0.39, 0.29) is 18.5 Å². The van der Waals surface area contributed by atoms with Crippen LogP contribution in [-0.2, 0) is 14.9 Å². The lowest BCUT2D eigenvalue weighted by Crippen LogP contribution is -2.40. The van der Waals surface area contributed by atoms with Gasteiger partial charge in [-0.2, -0.15) is 5.06 Å². The molecule has 2 unspecified atom stereocenters. The van der Waals surface area contributed by atoms with Gasteiger partial charge in [-0.1, -0.05) is 12.1 Å². The van der Waals surface area contributed by atoms with Crippen molar-refractivity contribution < 1.29 is 17.6 Å². The Morgan fingerprint density at radius 3 is 2.80 bits per heavy atom. The molecule has 5 nitrogen and oxygen atoms in total. The highest BCUT2D eigenvalue weighted by atomic mass is 32.2. The van der Waals surface area contributed by atoms with E-state index in [1.165, 1.54) is 17.2 Å². The Labute approximate surface area is 117 Å². The molecule has 1 aliphatic carbocycles. The van der Waals surface area contributed by atoms with Crippen molar-refractivity contribution in [2.75, 3.05) is 13.7 Å². The number of rotatable bonds is 4. The standard InChI is InChI=1S/C13H17FN2O3S/c1-16-13(9-3-2-4-10(14)7-9)12(8-19-16)20(17,18)15-11-5-6-11/h2-4,7,11-13,15H,5-6,8H2,1H3. The number of hydroxylamine groups is 2. The highest BCUT2D eigenvalue weighted by Gasteiger charge is 2.44. The number of benzene rings is 1. The van der Waals surface area contributed by atoms with E-state index in [0.29, 0.717) is 5.56 Å². The number of nitrogens with zero attached hydrogens (tertiary/aromatic N) is 1. The Morgan fingerprint density at radius 1 is 1.40 bits per heavy atom. The van der Waals surface area contributed by atoms with Gasteiger partial charge in [-0.15, -0.1) is 0 Å². The lowest BCUT2D eigenvalue weighted by molar-refractivity contribution is -0.110. The normalized spacial score (nSPS) is 27.9. The summed E-state index contributed by atoms with van der Waals surface area (Å²) in [6.07, 6.45) is 1.76. The fraction of sp³-hybridized carbons (Fsp3) is 0.538. The van der Waals surface area contributed by atoms with Gasteiger partial charge >= 0.3 is 0 Å². The minimum absolute atomic E-state index is 0.0547. The van der Waals surface area contributed by atoms with E-state index in [1.54, 1.807) is 19.2 Å². The molecule has 20 heavy (non-hydrogen) atoms. The Balaban J connectivity index is 1.90. The zero-order chi connectivity index (χ0) is 14.3. The van der Waals surface area contributed by atoms with Gasteiger partial charge in [0.1, 0.15) is 11.1 Å². The number of nitrogens with one attached hydrogen (secondary N) is 1. The summed E-state index contributed by atoms with van der Waals surface area (Å²) in [5.41, 5.74) is 0.608. The molecule has 1 aromatic rings. The van der Waals surface area contributed by atoms with Crippen LogP contribution < -0.4 is 4.72 Å². The van der Waals surface area contributed by atoms with E-state index in [2.05, 4.69) is 4.72 Å². The first-order valence-corrected chi connectivity index (χ1v) is 8.14. The average Bonchev–Trinajstić information content (AvgIpc) is 3.07. The van der Waals surface area contributed by atoms with Gasteiger partial charge in [-0.25, -0.2) is 17.5 Å². The third kappa shape index (κ3) is 2.71. The Hall–Kier alpha value is -1.02. The summed E-state index contributed by atoms with van der Waals surface area (Å²) < 4.78 is 40.8. The van der Waals surface area contributed by atoms with Crippen LogP contribution in [-0.4, -0.2) is 38.4 Å². The second-order valence-corrected chi connectivity index (χ2v) is 7.25. The van der Waals surface area contributed by atoms with Gasteiger partial charge in [0.2, 0.25) is 10.0 Å². The quantitative estimate of drug-likeness (QED) is 0.907. The summed E-state index contributed by atoms with van der Waals surface area (Å²) in [4.78, 5) is 5.35. The molecule has 1 N–H and O–H groups in total. The fourth-order valence-electron chi connectivity index (χ4n) is 2.49. The van der Waals surface area contributed by atoms with Crippen molar-refractivity contribution in [2.24, 2.45) is 0 Å². The SMILES string of the molecule is CN1OCC(S(=O)(=O)NC2CC2)C1c1cccc(F)c1. The molecule has 0 aromatic heterocycles. The topological polar surface area (TPSA) is 58.6 Å². The second kappa shape index (κ2) is 5.07. The van der Waals surface area contributed by atoms with Crippen LogP contribution in [0.4, 0.5) is 4.39 Å². The van der Waals surface area contributed by atoms with Crippen LogP contribution in [0.2, 0.25) is 0 Å². The highest BCUT2D eigenvalue weighted by Crippen LogP contribution is 2.34. The summed E-state index contributed by atoms with van der Waals surface area (Å²) in [7, 11) is -1.81. The van der Waals surface area contributed by atoms with Crippen molar-refractivity contribution in [1.82, 2.24) is 9.79 Å². The van der Waals surface area contributed by atoms with E-state index in [1.807, 2.05) is 0 Å². The summed E-state index contributed by atoms with van der Waals surface area (Å²) >= 11 is 0. The summed E-state index contributed by atoms with van der Waals surface area (Å²) in [5.74, 6) is -0.380. The van der Waals surface area contributed by atoms with Crippen molar-refractivity contribution in [3.05, 3.63) is 35.6 Å². The smallest absolute Gasteiger partial charge is 0.219 e. The second-order valence-electron chi connectivity index (χ2n) is 5.32. The molecule has 110 valence electrons. The number of sulfonamides is 1. The fourth-order valence-corrected chi connectivity index (χ4v) is 4.27. The van der Waals surface area contributed by atoms with Gasteiger partial charge in [-0.05, 0) is 30.5 Å². The van der Waals surface area contributed by atoms with Crippen LogP contribution in [0.3, 0.4) is 0 Å². The molecule has 2 atom stereocenters. The van der Waals surface area contributed by atoms with E-state index in [9.17, 15) is 12.8 Å². The molecule has 1 saturated carbocycles. The maximum atomic E-state index is 13.4. The van der Waals surface area contributed by atoms with Gasteiger partial charge in [0.05, 0.1) is 12.6 Å². The third-order valence-electron chi connectivity index (χ3n) is 3.68. The molecule has 3 rings (SSSR count). The zero-order valence-corrected chi connectivity index (χ0v) is 11.9. The van der Waals surface area contributed by atoms with E-state index in [4.69, 9.17) is 4.84 Å².